The van der Waals surface area contributed by atoms with Gasteiger partial charge in [-0.25, -0.2) is 0 Å². The van der Waals surface area contributed by atoms with Crippen molar-refractivity contribution in [2.45, 2.75) is 33.1 Å². The number of carbonyl (C=O) groups excluding carboxylic acids is 3. The maximum Gasteiger partial charge on any atom is 0.233 e. The number of carbonyl (C=O) groups is 3. The Kier molecular flexibility index (Phi) is 4.51. The number of rotatable bonds is 4. The number of para-hydroxylation sites is 1. The third-order valence-electron chi connectivity index (χ3n) is 4.91. The van der Waals surface area contributed by atoms with Crippen molar-refractivity contribution in [2.75, 3.05) is 11.9 Å². The van der Waals surface area contributed by atoms with Gasteiger partial charge in [0.05, 0.1) is 11.8 Å². The minimum absolute atomic E-state index is 0.123. The fraction of sp³-hybridized carbons (Fsp3) is 0.421. The van der Waals surface area contributed by atoms with Crippen LogP contribution in [0.2, 0.25) is 0 Å². The fourth-order valence-electron chi connectivity index (χ4n) is 3.52. The molecule has 1 heterocycles. The first-order valence-electron chi connectivity index (χ1n) is 8.35. The van der Waals surface area contributed by atoms with Gasteiger partial charge < -0.3 is 5.32 Å². The van der Waals surface area contributed by atoms with Crippen LogP contribution >= 0.6 is 0 Å². The highest BCUT2D eigenvalue weighted by Gasteiger charge is 2.46. The molecule has 5 nitrogen and oxygen atoms in total. The summed E-state index contributed by atoms with van der Waals surface area (Å²) in [6.45, 7) is 4.03. The van der Waals surface area contributed by atoms with E-state index >= 15 is 0 Å². The lowest BCUT2D eigenvalue weighted by molar-refractivity contribution is -0.140. The SMILES string of the molecule is Cc1cccc(C)c1NC(=O)CCN1C(=O)C2CC=CCC2C1=O. The zero-order valence-corrected chi connectivity index (χ0v) is 14.0. The van der Waals surface area contributed by atoms with E-state index in [0.29, 0.717) is 12.8 Å². The molecule has 0 radical (unpaired) electrons. The smallest absolute Gasteiger partial charge is 0.233 e. The van der Waals surface area contributed by atoms with Gasteiger partial charge in [-0.15, -0.1) is 0 Å². The molecule has 1 N–H and O–H groups in total. The summed E-state index contributed by atoms with van der Waals surface area (Å²) in [6.07, 6.45) is 5.30. The molecule has 24 heavy (non-hydrogen) atoms. The number of anilines is 1. The monoisotopic (exact) mass is 326 g/mol. The Morgan fingerprint density at radius 2 is 1.62 bits per heavy atom. The van der Waals surface area contributed by atoms with Gasteiger partial charge in [-0.2, -0.15) is 0 Å². The summed E-state index contributed by atoms with van der Waals surface area (Å²) in [5.41, 5.74) is 2.79. The molecule has 126 valence electrons. The Morgan fingerprint density at radius 3 is 2.17 bits per heavy atom. The molecule has 2 aliphatic rings. The first kappa shape index (κ1) is 16.4. The summed E-state index contributed by atoms with van der Waals surface area (Å²) in [6, 6.07) is 5.82. The molecule has 5 heteroatoms. The second-order valence-corrected chi connectivity index (χ2v) is 6.55. The molecule has 1 aliphatic carbocycles. The third kappa shape index (κ3) is 2.98. The number of amides is 3. The molecule has 1 aromatic carbocycles. The van der Waals surface area contributed by atoms with Gasteiger partial charge in [-0.05, 0) is 37.8 Å². The van der Waals surface area contributed by atoms with E-state index in [-0.39, 0.29) is 42.5 Å². The Labute approximate surface area is 141 Å². The molecule has 1 aliphatic heterocycles. The topological polar surface area (TPSA) is 66.5 Å². The molecule has 0 saturated carbocycles. The second kappa shape index (κ2) is 6.59. The fourth-order valence-corrected chi connectivity index (χ4v) is 3.52. The van der Waals surface area contributed by atoms with Crippen molar-refractivity contribution in [3.8, 4) is 0 Å². The van der Waals surface area contributed by atoms with Crippen molar-refractivity contribution in [3.05, 3.63) is 41.5 Å². The van der Waals surface area contributed by atoms with Crippen molar-refractivity contribution < 1.29 is 14.4 Å². The van der Waals surface area contributed by atoms with Gasteiger partial charge in [0.15, 0.2) is 0 Å². The van der Waals surface area contributed by atoms with Crippen LogP contribution in [-0.4, -0.2) is 29.2 Å². The van der Waals surface area contributed by atoms with E-state index in [4.69, 9.17) is 0 Å². The molecular weight excluding hydrogens is 304 g/mol. The van der Waals surface area contributed by atoms with Crippen molar-refractivity contribution in [1.82, 2.24) is 4.90 Å². The highest BCUT2D eigenvalue weighted by atomic mass is 16.2. The van der Waals surface area contributed by atoms with Crippen LogP contribution in [0.25, 0.3) is 0 Å². The van der Waals surface area contributed by atoms with Gasteiger partial charge in [-0.1, -0.05) is 30.4 Å². The van der Waals surface area contributed by atoms with Gasteiger partial charge in [0.2, 0.25) is 17.7 Å². The van der Waals surface area contributed by atoms with Crippen LogP contribution in [0.15, 0.2) is 30.4 Å². The molecule has 0 bridgehead atoms. The highest BCUT2D eigenvalue weighted by molar-refractivity contribution is 6.05. The highest BCUT2D eigenvalue weighted by Crippen LogP contribution is 2.35. The molecule has 1 saturated heterocycles. The molecular formula is C19H22N2O3. The van der Waals surface area contributed by atoms with Crippen LogP contribution in [0.5, 0.6) is 0 Å². The lowest BCUT2D eigenvalue weighted by Gasteiger charge is -2.15. The Bertz CT molecular complexity index is 677. The number of imide groups is 1. The van der Waals surface area contributed by atoms with E-state index in [1.807, 2.05) is 44.2 Å². The summed E-state index contributed by atoms with van der Waals surface area (Å²) in [5.74, 6) is -0.905. The minimum atomic E-state index is -0.232. The van der Waals surface area contributed by atoms with Crippen molar-refractivity contribution >= 4 is 23.4 Å². The zero-order chi connectivity index (χ0) is 17.3. The lowest BCUT2D eigenvalue weighted by atomic mass is 9.85. The summed E-state index contributed by atoms with van der Waals surface area (Å²) in [4.78, 5) is 38.2. The predicted octanol–water partition coefficient (Wildman–Crippen LogP) is 2.58. The molecule has 3 rings (SSSR count). The summed E-state index contributed by atoms with van der Waals surface area (Å²) < 4.78 is 0. The number of aryl methyl sites for hydroxylation is 2. The molecule has 1 aromatic rings. The first-order valence-corrected chi connectivity index (χ1v) is 8.35. The molecule has 1 fully saturated rings. The number of nitrogens with one attached hydrogen (secondary N) is 1. The maximum atomic E-state index is 12.4. The Hall–Kier alpha value is -2.43. The van der Waals surface area contributed by atoms with Crippen molar-refractivity contribution in [1.29, 1.82) is 0 Å². The van der Waals surface area contributed by atoms with Gasteiger partial charge in [-0.3, -0.25) is 19.3 Å². The number of fused-ring (bicyclic) bond motifs is 1. The first-order chi connectivity index (χ1) is 11.5. The largest absolute Gasteiger partial charge is 0.326 e. The summed E-state index contributed by atoms with van der Waals surface area (Å²) in [7, 11) is 0. The summed E-state index contributed by atoms with van der Waals surface area (Å²) in [5, 5.41) is 2.89. The normalized spacial score (nSPS) is 22.7. The van der Waals surface area contributed by atoms with Crippen LogP contribution in [0.4, 0.5) is 5.69 Å². The standard InChI is InChI=1S/C19H22N2O3/c1-12-6-5-7-13(2)17(12)20-16(22)10-11-21-18(23)14-8-3-4-9-15(14)19(21)24/h3-7,14-15H,8-11H2,1-2H3,(H,20,22). The van der Waals surface area contributed by atoms with Crippen molar-refractivity contribution in [2.24, 2.45) is 11.8 Å². The van der Waals surface area contributed by atoms with E-state index < -0.39 is 0 Å². The van der Waals surface area contributed by atoms with Crippen LogP contribution in [-0.2, 0) is 14.4 Å². The predicted molar refractivity (Wildman–Crippen MR) is 91.2 cm³/mol. The number of hydrogen-bond donors (Lipinski definition) is 1. The van der Waals surface area contributed by atoms with Crippen LogP contribution < -0.4 is 5.32 Å². The minimum Gasteiger partial charge on any atom is -0.326 e. The molecule has 0 spiro atoms. The van der Waals surface area contributed by atoms with Gasteiger partial charge in [0.1, 0.15) is 0 Å². The average molecular weight is 326 g/mol. The van der Waals surface area contributed by atoms with Gasteiger partial charge >= 0.3 is 0 Å². The molecule has 2 atom stereocenters. The number of benzene rings is 1. The van der Waals surface area contributed by atoms with Crippen LogP contribution in [0.3, 0.4) is 0 Å². The quantitative estimate of drug-likeness (QED) is 0.683. The van der Waals surface area contributed by atoms with E-state index in [9.17, 15) is 14.4 Å². The van der Waals surface area contributed by atoms with Crippen molar-refractivity contribution in [3.63, 3.8) is 0 Å². The zero-order valence-electron chi connectivity index (χ0n) is 14.0. The maximum absolute atomic E-state index is 12.4. The Morgan fingerprint density at radius 1 is 1.08 bits per heavy atom. The molecule has 0 aromatic heterocycles. The third-order valence-corrected chi connectivity index (χ3v) is 4.91. The Balaban J connectivity index is 1.61. The van der Waals surface area contributed by atoms with E-state index in [2.05, 4.69) is 5.32 Å². The number of hydrogen-bond acceptors (Lipinski definition) is 3. The number of allylic oxidation sites excluding steroid dienone is 2. The van der Waals surface area contributed by atoms with Gasteiger partial charge in [0.25, 0.3) is 0 Å². The summed E-state index contributed by atoms with van der Waals surface area (Å²) >= 11 is 0. The van der Waals surface area contributed by atoms with Crippen LogP contribution in [0.1, 0.15) is 30.4 Å². The van der Waals surface area contributed by atoms with Crippen LogP contribution in [0, 0.1) is 25.7 Å². The van der Waals surface area contributed by atoms with E-state index in [1.165, 1.54) is 4.90 Å². The lowest BCUT2D eigenvalue weighted by Crippen LogP contribution is -2.34. The number of likely N-dealkylation sites (tertiary alicyclic amines) is 1. The molecule has 2 unspecified atom stereocenters. The van der Waals surface area contributed by atoms with Gasteiger partial charge in [0, 0.05) is 18.7 Å². The van der Waals surface area contributed by atoms with E-state index in [0.717, 1.165) is 16.8 Å². The average Bonchev–Trinajstić information content (AvgIpc) is 2.81. The van der Waals surface area contributed by atoms with E-state index in [1.54, 1.807) is 0 Å². The second-order valence-electron chi connectivity index (χ2n) is 6.55. The number of nitrogens with zero attached hydrogens (tertiary/aromatic N) is 1. The molecule has 3 amide bonds.